The van der Waals surface area contributed by atoms with E-state index in [1.807, 2.05) is 13.0 Å². The second kappa shape index (κ2) is 6.81. The van der Waals surface area contributed by atoms with Gasteiger partial charge in [-0.1, -0.05) is 38.9 Å². The molecule has 1 atom stereocenters. The van der Waals surface area contributed by atoms with Crippen LogP contribution in [0.5, 0.6) is 5.75 Å². The quantitative estimate of drug-likeness (QED) is 0.846. The van der Waals surface area contributed by atoms with Crippen molar-refractivity contribution in [3.63, 3.8) is 0 Å². The minimum atomic E-state index is 0.0955. The van der Waals surface area contributed by atoms with E-state index in [1.165, 1.54) is 16.4 Å². The summed E-state index contributed by atoms with van der Waals surface area (Å²) in [5.74, 6) is 0.433. The third-order valence-corrected chi connectivity index (χ3v) is 4.95. The number of phenols is 1. The van der Waals surface area contributed by atoms with Crippen LogP contribution in [0.1, 0.15) is 37.5 Å². The average molecular weight is 315 g/mol. The molecule has 0 aliphatic carbocycles. The maximum Gasteiger partial charge on any atom is 0.126 e. The fraction of sp³-hybridized carbons (Fsp3) is 0.368. The minimum absolute atomic E-state index is 0.0955. The van der Waals surface area contributed by atoms with Gasteiger partial charge in [0, 0.05) is 17.4 Å². The fourth-order valence-corrected chi connectivity index (χ4v) is 3.77. The first kappa shape index (κ1) is 17.0. The molecule has 0 spiro atoms. The van der Waals surface area contributed by atoms with Gasteiger partial charge in [0.2, 0.25) is 0 Å². The van der Waals surface area contributed by atoms with Crippen LogP contribution in [0.4, 0.5) is 0 Å². The average Bonchev–Trinajstić information content (AvgIpc) is 2.42. The molecule has 0 radical (unpaired) electrons. The van der Waals surface area contributed by atoms with Gasteiger partial charge in [-0.25, -0.2) is 0 Å². The summed E-state index contributed by atoms with van der Waals surface area (Å²) < 4.78 is 0. The Hall–Kier alpha value is -1.37. The molecule has 0 bridgehead atoms. The Morgan fingerprint density at radius 1 is 1.05 bits per heavy atom. The predicted octanol–water partition coefficient (Wildman–Crippen LogP) is 3.53. The number of hydrogen-bond donors (Lipinski definition) is 2. The maximum atomic E-state index is 10.3. The van der Waals surface area contributed by atoms with Crippen molar-refractivity contribution in [3.05, 3.63) is 53.1 Å². The molecule has 2 aromatic carbocycles. The molecule has 118 valence electrons. The lowest BCUT2D eigenvalue weighted by Crippen LogP contribution is -2.36. The number of rotatable bonds is 4. The highest BCUT2D eigenvalue weighted by Gasteiger charge is 2.12. The van der Waals surface area contributed by atoms with E-state index in [1.54, 1.807) is 0 Å². The van der Waals surface area contributed by atoms with Crippen molar-refractivity contribution < 1.29 is 5.11 Å². The molecular weight excluding hydrogens is 289 g/mol. The normalized spacial score (nSPS) is 12.2. The smallest absolute Gasteiger partial charge is 0.126 e. The molecule has 0 saturated carbocycles. The Morgan fingerprint density at radius 3 is 2.41 bits per heavy atom. The van der Waals surface area contributed by atoms with Crippen molar-refractivity contribution in [2.45, 2.75) is 46.7 Å². The SMILES string of the molecule is Cc1cc(C)c(O)c(Pc2ccccc2CNC(C)(C)C)c1. The zero-order chi connectivity index (χ0) is 16.3. The first-order valence-corrected chi connectivity index (χ1v) is 8.66. The molecule has 0 saturated heterocycles. The first-order valence-electron chi connectivity index (χ1n) is 7.66. The second-order valence-corrected chi connectivity index (χ2v) is 8.19. The van der Waals surface area contributed by atoms with E-state index < -0.39 is 0 Å². The lowest BCUT2D eigenvalue weighted by molar-refractivity contribution is 0.425. The molecular formula is C19H26NOP. The fourth-order valence-electron chi connectivity index (χ4n) is 2.36. The molecule has 0 fully saturated rings. The summed E-state index contributed by atoms with van der Waals surface area (Å²) in [5.41, 5.74) is 3.54. The Labute approximate surface area is 135 Å². The highest BCUT2D eigenvalue weighted by Crippen LogP contribution is 2.24. The van der Waals surface area contributed by atoms with E-state index in [0.717, 1.165) is 17.4 Å². The molecule has 0 aliphatic rings. The van der Waals surface area contributed by atoms with Gasteiger partial charge in [-0.2, -0.15) is 0 Å². The molecule has 2 nitrogen and oxygen atoms in total. The second-order valence-electron chi connectivity index (χ2n) is 6.86. The third-order valence-electron chi connectivity index (χ3n) is 3.54. The van der Waals surface area contributed by atoms with Gasteiger partial charge < -0.3 is 10.4 Å². The van der Waals surface area contributed by atoms with Crippen LogP contribution in [-0.4, -0.2) is 10.6 Å². The van der Waals surface area contributed by atoms with Crippen LogP contribution in [0.2, 0.25) is 0 Å². The number of benzene rings is 2. The van der Waals surface area contributed by atoms with Crippen LogP contribution in [-0.2, 0) is 6.54 Å². The molecule has 0 aromatic heterocycles. The summed E-state index contributed by atoms with van der Waals surface area (Å²) >= 11 is 0. The number of aryl methyl sites for hydroxylation is 2. The highest BCUT2D eigenvalue weighted by atomic mass is 31.1. The van der Waals surface area contributed by atoms with Crippen LogP contribution in [0.15, 0.2) is 36.4 Å². The van der Waals surface area contributed by atoms with Crippen LogP contribution in [0, 0.1) is 13.8 Å². The Bertz CT molecular complexity index is 659. The summed E-state index contributed by atoms with van der Waals surface area (Å²) in [5, 5.41) is 16.2. The van der Waals surface area contributed by atoms with Crippen molar-refractivity contribution in [2.75, 3.05) is 0 Å². The molecule has 0 amide bonds. The van der Waals surface area contributed by atoms with Crippen LogP contribution in [0.3, 0.4) is 0 Å². The lowest BCUT2D eigenvalue weighted by atomic mass is 10.1. The van der Waals surface area contributed by atoms with Crippen molar-refractivity contribution in [3.8, 4) is 5.75 Å². The summed E-state index contributed by atoms with van der Waals surface area (Å²) in [6.45, 7) is 11.4. The van der Waals surface area contributed by atoms with Gasteiger partial charge in [-0.15, -0.1) is 0 Å². The molecule has 0 aliphatic heterocycles. The van der Waals surface area contributed by atoms with Gasteiger partial charge in [-0.3, -0.25) is 0 Å². The van der Waals surface area contributed by atoms with E-state index in [2.05, 4.69) is 63.3 Å². The van der Waals surface area contributed by atoms with Crippen molar-refractivity contribution >= 4 is 19.2 Å². The number of aromatic hydroxyl groups is 1. The van der Waals surface area contributed by atoms with E-state index in [0.29, 0.717) is 14.3 Å². The number of nitrogens with one attached hydrogen (secondary N) is 1. The zero-order valence-corrected chi connectivity index (χ0v) is 15.1. The van der Waals surface area contributed by atoms with E-state index >= 15 is 0 Å². The largest absolute Gasteiger partial charge is 0.507 e. The molecule has 22 heavy (non-hydrogen) atoms. The highest BCUT2D eigenvalue weighted by molar-refractivity contribution is 7.55. The van der Waals surface area contributed by atoms with Gasteiger partial charge in [-0.05, 0) is 62.7 Å². The number of phenolic OH excluding ortho intramolecular Hbond substituents is 1. The first-order chi connectivity index (χ1) is 10.3. The summed E-state index contributed by atoms with van der Waals surface area (Å²) in [4.78, 5) is 0. The minimum Gasteiger partial charge on any atom is -0.507 e. The Balaban J connectivity index is 2.27. The summed E-state index contributed by atoms with van der Waals surface area (Å²) in [6, 6.07) is 12.6. The van der Waals surface area contributed by atoms with Gasteiger partial charge in [0.15, 0.2) is 0 Å². The molecule has 0 heterocycles. The Morgan fingerprint density at radius 2 is 1.73 bits per heavy atom. The lowest BCUT2D eigenvalue weighted by Gasteiger charge is -2.22. The Kier molecular flexibility index (Phi) is 5.26. The zero-order valence-electron chi connectivity index (χ0n) is 14.1. The third kappa shape index (κ3) is 4.56. The summed E-state index contributed by atoms with van der Waals surface area (Å²) in [7, 11) is 0.470. The molecule has 2 rings (SSSR count). The molecule has 3 heteroatoms. The van der Waals surface area contributed by atoms with E-state index in [-0.39, 0.29) is 5.54 Å². The van der Waals surface area contributed by atoms with Crippen LogP contribution < -0.4 is 15.9 Å². The van der Waals surface area contributed by atoms with Crippen LogP contribution in [0.25, 0.3) is 0 Å². The summed E-state index contributed by atoms with van der Waals surface area (Å²) in [6.07, 6.45) is 0. The molecule has 1 unspecified atom stereocenters. The monoisotopic (exact) mass is 315 g/mol. The van der Waals surface area contributed by atoms with Crippen molar-refractivity contribution in [1.29, 1.82) is 0 Å². The van der Waals surface area contributed by atoms with Crippen molar-refractivity contribution in [1.82, 2.24) is 5.32 Å². The van der Waals surface area contributed by atoms with Gasteiger partial charge in [0.1, 0.15) is 5.75 Å². The van der Waals surface area contributed by atoms with Gasteiger partial charge in [0.25, 0.3) is 0 Å². The predicted molar refractivity (Wildman–Crippen MR) is 98.2 cm³/mol. The van der Waals surface area contributed by atoms with E-state index in [4.69, 9.17) is 0 Å². The van der Waals surface area contributed by atoms with Gasteiger partial charge >= 0.3 is 0 Å². The molecule has 2 N–H and O–H groups in total. The van der Waals surface area contributed by atoms with E-state index in [9.17, 15) is 5.11 Å². The molecule has 2 aromatic rings. The number of hydrogen-bond acceptors (Lipinski definition) is 2. The van der Waals surface area contributed by atoms with Crippen molar-refractivity contribution in [2.24, 2.45) is 0 Å². The topological polar surface area (TPSA) is 32.3 Å². The maximum absolute atomic E-state index is 10.3. The standard InChI is InChI=1S/C19H26NOP/c1-13-10-14(2)18(21)17(11-13)22-16-9-7-6-8-15(16)12-20-19(3,4)5/h6-11,20-22H,12H2,1-5H3. The van der Waals surface area contributed by atoms with Gasteiger partial charge in [0.05, 0.1) is 0 Å². The van der Waals surface area contributed by atoms with Crippen LogP contribution >= 0.6 is 8.58 Å².